The van der Waals surface area contributed by atoms with Crippen LogP contribution in [-0.4, -0.2) is 31.3 Å². The van der Waals surface area contributed by atoms with Gasteiger partial charge in [0.05, 0.1) is 6.10 Å². The summed E-state index contributed by atoms with van der Waals surface area (Å²) in [5.41, 5.74) is 0. The lowest BCUT2D eigenvalue weighted by Crippen LogP contribution is -2.34. The van der Waals surface area contributed by atoms with Gasteiger partial charge in [0.15, 0.2) is 0 Å². The van der Waals surface area contributed by atoms with Crippen molar-refractivity contribution in [3.63, 3.8) is 0 Å². The van der Waals surface area contributed by atoms with Gasteiger partial charge in [-0.25, -0.2) is 4.79 Å². The third-order valence-corrected chi connectivity index (χ3v) is 2.72. The SMILES string of the molecule is CC(C)OC(=O)NC1C2CNCC21. The minimum Gasteiger partial charge on any atom is -0.447 e. The van der Waals surface area contributed by atoms with Crippen molar-refractivity contribution in [2.75, 3.05) is 13.1 Å². The van der Waals surface area contributed by atoms with Crippen LogP contribution in [-0.2, 0) is 4.74 Å². The van der Waals surface area contributed by atoms with Gasteiger partial charge in [0, 0.05) is 19.1 Å². The summed E-state index contributed by atoms with van der Waals surface area (Å²) in [7, 11) is 0. The molecule has 1 saturated carbocycles. The van der Waals surface area contributed by atoms with Crippen LogP contribution in [0, 0.1) is 11.8 Å². The van der Waals surface area contributed by atoms with Gasteiger partial charge in [-0.1, -0.05) is 0 Å². The smallest absolute Gasteiger partial charge is 0.407 e. The van der Waals surface area contributed by atoms with E-state index in [0.29, 0.717) is 17.9 Å². The molecule has 2 N–H and O–H groups in total. The van der Waals surface area contributed by atoms with Gasteiger partial charge in [-0.05, 0) is 25.7 Å². The first kappa shape index (κ1) is 8.81. The lowest BCUT2D eigenvalue weighted by atomic mass is 10.4. The van der Waals surface area contributed by atoms with Crippen molar-refractivity contribution >= 4 is 6.09 Å². The Hall–Kier alpha value is -0.770. The number of hydrogen-bond acceptors (Lipinski definition) is 3. The molecule has 1 aliphatic heterocycles. The Kier molecular flexibility index (Phi) is 2.15. The highest BCUT2D eigenvalue weighted by Crippen LogP contribution is 2.41. The second-order valence-electron chi connectivity index (χ2n) is 4.11. The van der Waals surface area contributed by atoms with Crippen LogP contribution in [0.5, 0.6) is 0 Å². The summed E-state index contributed by atoms with van der Waals surface area (Å²) in [5, 5.41) is 6.16. The summed E-state index contributed by atoms with van der Waals surface area (Å²) >= 11 is 0. The van der Waals surface area contributed by atoms with E-state index < -0.39 is 0 Å². The van der Waals surface area contributed by atoms with Crippen LogP contribution in [0.1, 0.15) is 13.8 Å². The molecule has 2 unspecified atom stereocenters. The number of hydrogen-bond donors (Lipinski definition) is 2. The highest BCUT2D eigenvalue weighted by atomic mass is 16.6. The molecule has 2 aliphatic rings. The van der Waals surface area contributed by atoms with E-state index in [1.54, 1.807) is 0 Å². The first-order valence-electron chi connectivity index (χ1n) is 4.86. The maximum atomic E-state index is 11.2. The van der Waals surface area contributed by atoms with E-state index >= 15 is 0 Å². The van der Waals surface area contributed by atoms with Gasteiger partial charge in [0.1, 0.15) is 0 Å². The number of nitrogens with one attached hydrogen (secondary N) is 2. The molecule has 1 aliphatic carbocycles. The van der Waals surface area contributed by atoms with Gasteiger partial charge in [-0.2, -0.15) is 0 Å². The van der Waals surface area contributed by atoms with Gasteiger partial charge in [0.25, 0.3) is 0 Å². The lowest BCUT2D eigenvalue weighted by molar-refractivity contribution is 0.114. The third-order valence-electron chi connectivity index (χ3n) is 2.72. The Balaban J connectivity index is 1.71. The molecule has 0 radical (unpaired) electrons. The number of piperidine rings is 1. The van der Waals surface area contributed by atoms with Crippen molar-refractivity contribution in [3.8, 4) is 0 Å². The van der Waals surface area contributed by atoms with Crippen LogP contribution in [0.15, 0.2) is 0 Å². The van der Waals surface area contributed by atoms with E-state index in [4.69, 9.17) is 4.74 Å². The highest BCUT2D eigenvalue weighted by molar-refractivity contribution is 5.68. The minimum atomic E-state index is -0.269. The highest BCUT2D eigenvalue weighted by Gasteiger charge is 2.53. The molecule has 4 nitrogen and oxygen atoms in total. The van der Waals surface area contributed by atoms with Crippen LogP contribution in [0.2, 0.25) is 0 Å². The number of rotatable bonds is 2. The van der Waals surface area contributed by atoms with Crippen LogP contribution < -0.4 is 10.6 Å². The Morgan fingerprint density at radius 2 is 2.08 bits per heavy atom. The standard InChI is InChI=1S/C9H16N2O2/c1-5(2)13-9(12)11-8-6-3-10-4-7(6)8/h5-8,10H,3-4H2,1-2H3,(H,11,12). The Labute approximate surface area is 78.0 Å². The van der Waals surface area contributed by atoms with Crippen molar-refractivity contribution in [1.82, 2.24) is 10.6 Å². The average molecular weight is 184 g/mol. The summed E-state index contributed by atoms with van der Waals surface area (Å²) in [5.74, 6) is 1.31. The van der Waals surface area contributed by atoms with Gasteiger partial charge in [-0.15, -0.1) is 0 Å². The van der Waals surface area contributed by atoms with Crippen molar-refractivity contribution in [3.05, 3.63) is 0 Å². The molecule has 1 heterocycles. The van der Waals surface area contributed by atoms with Crippen molar-refractivity contribution in [2.45, 2.75) is 26.0 Å². The van der Waals surface area contributed by atoms with Crippen LogP contribution in [0.25, 0.3) is 0 Å². The molecular weight excluding hydrogens is 168 g/mol. The molecule has 0 aromatic rings. The molecule has 4 heteroatoms. The predicted molar refractivity (Wildman–Crippen MR) is 48.4 cm³/mol. The Morgan fingerprint density at radius 1 is 1.46 bits per heavy atom. The minimum absolute atomic E-state index is 0.0308. The quantitative estimate of drug-likeness (QED) is 0.650. The molecule has 74 valence electrons. The van der Waals surface area contributed by atoms with E-state index in [9.17, 15) is 4.79 Å². The van der Waals surface area contributed by atoms with Crippen molar-refractivity contribution in [1.29, 1.82) is 0 Å². The number of carbonyl (C=O) groups excluding carboxylic acids is 1. The van der Waals surface area contributed by atoms with Gasteiger partial charge >= 0.3 is 6.09 Å². The summed E-state index contributed by atoms with van der Waals surface area (Å²) in [6.07, 6.45) is -0.300. The second-order valence-corrected chi connectivity index (χ2v) is 4.11. The number of carbonyl (C=O) groups is 1. The van der Waals surface area contributed by atoms with Gasteiger partial charge in [-0.3, -0.25) is 0 Å². The summed E-state index contributed by atoms with van der Waals surface area (Å²) in [6.45, 7) is 5.79. The molecule has 0 spiro atoms. The summed E-state index contributed by atoms with van der Waals surface area (Å²) in [6, 6.07) is 0.368. The molecule has 2 rings (SSSR count). The van der Waals surface area contributed by atoms with E-state index in [0.717, 1.165) is 13.1 Å². The van der Waals surface area contributed by atoms with E-state index in [2.05, 4.69) is 10.6 Å². The Morgan fingerprint density at radius 3 is 2.62 bits per heavy atom. The van der Waals surface area contributed by atoms with Crippen LogP contribution in [0.4, 0.5) is 4.79 Å². The van der Waals surface area contributed by atoms with E-state index in [-0.39, 0.29) is 12.2 Å². The van der Waals surface area contributed by atoms with Gasteiger partial charge < -0.3 is 15.4 Å². The topological polar surface area (TPSA) is 50.4 Å². The molecule has 2 fully saturated rings. The number of ether oxygens (including phenoxy) is 1. The number of alkyl carbamates (subject to hydrolysis) is 1. The second kappa shape index (κ2) is 3.18. The molecule has 1 saturated heterocycles. The zero-order valence-corrected chi connectivity index (χ0v) is 8.04. The Bertz CT molecular complexity index is 208. The number of amides is 1. The zero-order valence-electron chi connectivity index (χ0n) is 8.04. The van der Waals surface area contributed by atoms with Crippen molar-refractivity contribution < 1.29 is 9.53 Å². The maximum absolute atomic E-state index is 11.2. The summed E-state index contributed by atoms with van der Waals surface area (Å²) in [4.78, 5) is 11.2. The van der Waals surface area contributed by atoms with Crippen LogP contribution >= 0.6 is 0 Å². The maximum Gasteiger partial charge on any atom is 0.407 e. The normalized spacial score (nSPS) is 35.8. The molecule has 0 aromatic carbocycles. The molecule has 0 aromatic heterocycles. The first-order chi connectivity index (χ1) is 6.18. The third kappa shape index (κ3) is 1.77. The lowest BCUT2D eigenvalue weighted by Gasteiger charge is -2.10. The van der Waals surface area contributed by atoms with E-state index in [1.165, 1.54) is 0 Å². The molecule has 2 atom stereocenters. The van der Waals surface area contributed by atoms with Crippen molar-refractivity contribution in [2.24, 2.45) is 11.8 Å². The fraction of sp³-hybridized carbons (Fsp3) is 0.889. The largest absolute Gasteiger partial charge is 0.447 e. The summed E-state index contributed by atoms with van der Waals surface area (Å²) < 4.78 is 5.00. The molecule has 0 bridgehead atoms. The monoisotopic (exact) mass is 184 g/mol. The number of fused-ring (bicyclic) bond motifs is 1. The fourth-order valence-electron chi connectivity index (χ4n) is 2.02. The first-order valence-corrected chi connectivity index (χ1v) is 4.86. The molecule has 1 amide bonds. The molecular formula is C9H16N2O2. The average Bonchev–Trinajstić information content (AvgIpc) is 2.51. The fourth-order valence-corrected chi connectivity index (χ4v) is 2.02. The van der Waals surface area contributed by atoms with Gasteiger partial charge in [0.2, 0.25) is 0 Å². The van der Waals surface area contributed by atoms with Crippen LogP contribution in [0.3, 0.4) is 0 Å². The zero-order chi connectivity index (χ0) is 9.42. The predicted octanol–water partition coefficient (Wildman–Crippen LogP) is 0.339. The molecule has 13 heavy (non-hydrogen) atoms. The van der Waals surface area contributed by atoms with E-state index in [1.807, 2.05) is 13.8 Å².